The number of carboxylic acid groups (broad SMARTS) is 1. The summed E-state index contributed by atoms with van der Waals surface area (Å²) in [4.78, 5) is 10.7. The molecule has 1 N–H and O–H groups in total. The molecule has 7 heteroatoms. The quantitative estimate of drug-likeness (QED) is 0.808. The van der Waals surface area contributed by atoms with Gasteiger partial charge in [-0.25, -0.2) is 0 Å². The Labute approximate surface area is 94.5 Å². The summed E-state index contributed by atoms with van der Waals surface area (Å²) in [6, 6.07) is 0. The zero-order valence-electron chi connectivity index (χ0n) is 7.76. The van der Waals surface area contributed by atoms with Crippen LogP contribution in [-0.2, 0) is 4.79 Å². The van der Waals surface area contributed by atoms with Crippen LogP contribution in [0.15, 0.2) is 8.68 Å². The molecule has 0 spiro atoms. The Morgan fingerprint density at radius 3 is 2.64 bits per heavy atom. The van der Waals surface area contributed by atoms with Crippen molar-refractivity contribution in [3.05, 3.63) is 0 Å². The number of hydrogen-bond acceptors (Lipinski definition) is 6. The number of carboxylic acids is 1. The van der Waals surface area contributed by atoms with E-state index in [0.29, 0.717) is 6.42 Å². The van der Waals surface area contributed by atoms with Crippen LogP contribution in [0.5, 0.6) is 0 Å². The van der Waals surface area contributed by atoms with Crippen molar-refractivity contribution >= 4 is 40.8 Å². The van der Waals surface area contributed by atoms with Crippen molar-refractivity contribution in [1.29, 1.82) is 0 Å². The fraction of sp³-hybridized carbons (Fsp3) is 0.571. The highest BCUT2D eigenvalue weighted by molar-refractivity contribution is 8.03. The Morgan fingerprint density at radius 2 is 2.21 bits per heavy atom. The largest absolute Gasteiger partial charge is 0.480 e. The Bertz CT molecular complexity index is 316. The lowest BCUT2D eigenvalue weighted by Crippen LogP contribution is -2.14. The van der Waals surface area contributed by atoms with Crippen molar-refractivity contribution in [1.82, 2.24) is 10.2 Å². The van der Waals surface area contributed by atoms with Gasteiger partial charge in [-0.05, 0) is 12.7 Å². The van der Waals surface area contributed by atoms with E-state index in [4.69, 9.17) is 5.11 Å². The molecule has 0 aliphatic carbocycles. The van der Waals surface area contributed by atoms with Gasteiger partial charge in [-0.1, -0.05) is 41.8 Å². The van der Waals surface area contributed by atoms with E-state index in [-0.39, 0.29) is 0 Å². The third kappa shape index (κ3) is 3.14. The summed E-state index contributed by atoms with van der Waals surface area (Å²) >= 11 is 4.22. The Morgan fingerprint density at radius 1 is 1.57 bits per heavy atom. The highest BCUT2D eigenvalue weighted by Crippen LogP contribution is 2.31. The van der Waals surface area contributed by atoms with Gasteiger partial charge in [0.05, 0.1) is 0 Å². The first-order valence-corrected chi connectivity index (χ1v) is 6.86. The van der Waals surface area contributed by atoms with Crippen molar-refractivity contribution in [2.24, 2.45) is 0 Å². The van der Waals surface area contributed by atoms with Crippen LogP contribution in [0.3, 0.4) is 0 Å². The van der Waals surface area contributed by atoms with Crippen LogP contribution in [0.4, 0.5) is 0 Å². The van der Waals surface area contributed by atoms with Gasteiger partial charge < -0.3 is 5.11 Å². The summed E-state index contributed by atoms with van der Waals surface area (Å²) < 4.78 is 1.59. The van der Waals surface area contributed by atoms with E-state index in [9.17, 15) is 4.79 Å². The number of carbonyl (C=O) groups is 1. The summed E-state index contributed by atoms with van der Waals surface area (Å²) in [7, 11) is 0. The zero-order chi connectivity index (χ0) is 10.6. The lowest BCUT2D eigenvalue weighted by atomic mass is 10.3. The average Bonchev–Trinajstić information content (AvgIpc) is 2.61. The van der Waals surface area contributed by atoms with E-state index < -0.39 is 11.2 Å². The Hall–Kier alpha value is -0.270. The monoisotopic (exact) mass is 250 g/mol. The molecule has 0 amide bonds. The third-order valence-corrected chi connectivity index (χ3v) is 4.79. The average molecular weight is 250 g/mol. The Balaban J connectivity index is 2.62. The van der Waals surface area contributed by atoms with E-state index in [2.05, 4.69) is 10.2 Å². The molecule has 1 aromatic rings. The van der Waals surface area contributed by atoms with Gasteiger partial charge in [0.2, 0.25) is 0 Å². The zero-order valence-corrected chi connectivity index (χ0v) is 10.2. The molecule has 1 rings (SSSR count). The Kier molecular flexibility index (Phi) is 4.70. The van der Waals surface area contributed by atoms with E-state index in [0.717, 1.165) is 8.68 Å². The second-order valence-corrected chi connectivity index (χ2v) is 5.87. The summed E-state index contributed by atoms with van der Waals surface area (Å²) in [6.07, 6.45) is 2.51. The molecule has 0 fully saturated rings. The van der Waals surface area contributed by atoms with Crippen molar-refractivity contribution < 1.29 is 9.90 Å². The minimum atomic E-state index is -0.793. The molecule has 14 heavy (non-hydrogen) atoms. The molecule has 0 aromatic carbocycles. The van der Waals surface area contributed by atoms with Crippen molar-refractivity contribution in [3.8, 4) is 0 Å². The molecule has 0 aliphatic heterocycles. The number of nitrogens with zero attached hydrogens (tertiary/aromatic N) is 2. The van der Waals surface area contributed by atoms with Crippen LogP contribution in [0.25, 0.3) is 0 Å². The topological polar surface area (TPSA) is 63.1 Å². The first kappa shape index (κ1) is 11.8. The maximum Gasteiger partial charge on any atom is 0.317 e. The summed E-state index contributed by atoms with van der Waals surface area (Å²) in [6.45, 7) is 1.85. The van der Waals surface area contributed by atoms with E-state index in [1.165, 1.54) is 34.9 Å². The number of hydrogen-bond donors (Lipinski definition) is 1. The molecular formula is C7H10N2O2S3. The highest BCUT2D eigenvalue weighted by atomic mass is 32.2. The molecule has 0 saturated carbocycles. The van der Waals surface area contributed by atoms with Gasteiger partial charge in [0, 0.05) is 0 Å². The summed E-state index contributed by atoms with van der Waals surface area (Å²) in [5.41, 5.74) is 0. The smallest absolute Gasteiger partial charge is 0.317 e. The van der Waals surface area contributed by atoms with Gasteiger partial charge in [-0.3, -0.25) is 4.79 Å². The second kappa shape index (κ2) is 5.57. The van der Waals surface area contributed by atoms with Crippen molar-refractivity contribution in [3.63, 3.8) is 0 Å². The van der Waals surface area contributed by atoms with E-state index in [1.54, 1.807) is 0 Å². The fourth-order valence-corrected chi connectivity index (χ4v) is 3.30. The third-order valence-electron chi connectivity index (χ3n) is 1.45. The van der Waals surface area contributed by atoms with Crippen molar-refractivity contribution in [2.75, 3.05) is 6.26 Å². The predicted octanol–water partition coefficient (Wildman–Crippen LogP) is 2.22. The number of aromatic nitrogens is 2. The lowest BCUT2D eigenvalue weighted by Gasteiger charge is -2.04. The molecular weight excluding hydrogens is 240 g/mol. The molecule has 1 unspecified atom stereocenters. The lowest BCUT2D eigenvalue weighted by molar-refractivity contribution is -0.136. The van der Waals surface area contributed by atoms with Crippen LogP contribution >= 0.6 is 34.9 Å². The molecule has 1 atom stereocenters. The first-order chi connectivity index (χ1) is 6.67. The van der Waals surface area contributed by atoms with Crippen LogP contribution < -0.4 is 0 Å². The predicted molar refractivity (Wildman–Crippen MR) is 59.3 cm³/mol. The highest BCUT2D eigenvalue weighted by Gasteiger charge is 2.18. The van der Waals surface area contributed by atoms with Gasteiger partial charge in [0.1, 0.15) is 5.25 Å². The molecule has 0 bridgehead atoms. The molecule has 4 nitrogen and oxygen atoms in total. The second-order valence-electron chi connectivity index (χ2n) is 2.39. The summed E-state index contributed by atoms with van der Waals surface area (Å²) in [5.74, 6) is -0.793. The van der Waals surface area contributed by atoms with Crippen LogP contribution in [0.2, 0.25) is 0 Å². The molecule has 78 valence electrons. The standard InChI is InChI=1S/C7H10N2O2S3/c1-3-4(5(10)11)13-7-9-8-6(12-2)14-7/h4H,3H2,1-2H3,(H,10,11). The maximum atomic E-state index is 10.7. The van der Waals surface area contributed by atoms with Gasteiger partial charge >= 0.3 is 5.97 Å². The molecule has 0 aliphatic rings. The molecule has 0 saturated heterocycles. The van der Waals surface area contributed by atoms with E-state index in [1.807, 2.05) is 13.2 Å². The molecule has 1 aromatic heterocycles. The fourth-order valence-electron chi connectivity index (χ4n) is 0.757. The number of thioether (sulfide) groups is 2. The van der Waals surface area contributed by atoms with Crippen LogP contribution in [0, 0.1) is 0 Å². The summed E-state index contributed by atoms with van der Waals surface area (Å²) in [5, 5.41) is 16.2. The van der Waals surface area contributed by atoms with Crippen LogP contribution in [-0.4, -0.2) is 32.8 Å². The van der Waals surface area contributed by atoms with Gasteiger partial charge in [0.25, 0.3) is 0 Å². The SMILES string of the molecule is CCC(Sc1nnc(SC)s1)C(=O)O. The maximum absolute atomic E-state index is 10.7. The number of rotatable bonds is 5. The van der Waals surface area contributed by atoms with Gasteiger partial charge in [-0.2, -0.15) is 0 Å². The minimum absolute atomic E-state index is 0.419. The first-order valence-electron chi connectivity index (χ1n) is 3.94. The molecule has 1 heterocycles. The number of aliphatic carboxylic acids is 1. The normalized spacial score (nSPS) is 12.7. The van der Waals surface area contributed by atoms with Crippen LogP contribution in [0.1, 0.15) is 13.3 Å². The van der Waals surface area contributed by atoms with Crippen molar-refractivity contribution in [2.45, 2.75) is 27.3 Å². The van der Waals surface area contributed by atoms with Gasteiger partial charge in [0.15, 0.2) is 8.68 Å². The van der Waals surface area contributed by atoms with E-state index >= 15 is 0 Å². The molecule has 0 radical (unpaired) electrons. The minimum Gasteiger partial charge on any atom is -0.480 e. The van der Waals surface area contributed by atoms with Gasteiger partial charge in [-0.15, -0.1) is 10.2 Å².